The number of aromatic hydroxyl groups is 1. The van der Waals surface area contributed by atoms with Crippen LogP contribution in [0.2, 0.25) is 0 Å². The molecule has 1 heterocycles. The highest BCUT2D eigenvalue weighted by Crippen LogP contribution is 2.28. The molecule has 0 aliphatic carbocycles. The first-order chi connectivity index (χ1) is 10.5. The molecule has 0 spiro atoms. The third-order valence-corrected chi connectivity index (χ3v) is 4.21. The summed E-state index contributed by atoms with van der Waals surface area (Å²) in [7, 11) is 0. The minimum atomic E-state index is -0.970. The van der Waals surface area contributed by atoms with Crippen LogP contribution in [0.5, 0.6) is 5.75 Å². The van der Waals surface area contributed by atoms with E-state index in [-0.39, 0.29) is 17.6 Å². The Balaban J connectivity index is 1.98. The first kappa shape index (κ1) is 16.0. The molecular weight excluding hydrogens is 282 g/mol. The maximum atomic E-state index is 12.2. The summed E-state index contributed by atoms with van der Waals surface area (Å²) in [5.74, 6) is 0.0569. The number of phenolic OH excluding ortho intramolecular Hbond substituents is 1. The number of guanidine groups is 1. The van der Waals surface area contributed by atoms with Gasteiger partial charge in [0.1, 0.15) is 5.75 Å². The molecule has 0 saturated carbocycles. The fourth-order valence-corrected chi connectivity index (χ4v) is 2.58. The van der Waals surface area contributed by atoms with Gasteiger partial charge in [0.2, 0.25) is 0 Å². The van der Waals surface area contributed by atoms with Crippen LogP contribution in [0.3, 0.4) is 0 Å². The number of rotatable bonds is 5. The van der Waals surface area contributed by atoms with E-state index >= 15 is 0 Å². The van der Waals surface area contributed by atoms with Crippen molar-refractivity contribution < 1.29 is 19.7 Å². The van der Waals surface area contributed by atoms with Crippen LogP contribution in [0.4, 0.5) is 0 Å². The maximum Gasteiger partial charge on any atom is 0.357 e. The van der Waals surface area contributed by atoms with Crippen LogP contribution < -0.4 is 15.6 Å². The zero-order chi connectivity index (χ0) is 16.2. The normalized spacial score (nSPS) is 16.9. The third-order valence-electron chi connectivity index (χ3n) is 4.21. The molecule has 4 N–H and O–H groups in total. The summed E-state index contributed by atoms with van der Waals surface area (Å²) in [5.41, 5.74) is 0.0816. The number of amides is 2. The summed E-state index contributed by atoms with van der Waals surface area (Å²) in [6, 6.07) is 6.92. The Morgan fingerprint density at radius 2 is 1.59 bits per heavy atom. The molecule has 1 aromatic rings. The predicted octanol–water partition coefficient (Wildman–Crippen LogP) is -0.576. The second-order valence-electron chi connectivity index (χ2n) is 5.42. The van der Waals surface area contributed by atoms with Crippen molar-refractivity contribution >= 4 is 17.8 Å². The number of hydrogen-bond donors (Lipinski definition) is 4. The van der Waals surface area contributed by atoms with Gasteiger partial charge in [-0.1, -0.05) is 26.0 Å². The highest BCUT2D eigenvalue weighted by molar-refractivity contribution is 6.19. The number of nitrogens with one attached hydrogen (secondary N) is 3. The SMILES string of the molecule is CCC1(CC)C(=O)NC(=[NH+]CCc2ccc(O)cc2)NC1=O. The minimum Gasteiger partial charge on any atom is -0.508 e. The Morgan fingerprint density at radius 3 is 2.09 bits per heavy atom. The van der Waals surface area contributed by atoms with E-state index < -0.39 is 5.41 Å². The zero-order valence-corrected chi connectivity index (χ0v) is 12.9. The Labute approximate surface area is 129 Å². The Hall–Kier alpha value is -2.37. The Morgan fingerprint density at radius 1 is 1.05 bits per heavy atom. The molecule has 1 saturated heterocycles. The second-order valence-corrected chi connectivity index (χ2v) is 5.42. The summed E-state index contributed by atoms with van der Waals surface area (Å²) in [5, 5.41) is 14.7. The summed E-state index contributed by atoms with van der Waals surface area (Å²) in [4.78, 5) is 27.4. The number of carbonyl (C=O) groups excluding carboxylic acids is 2. The molecule has 0 radical (unpaired) electrons. The molecule has 1 fully saturated rings. The molecule has 118 valence electrons. The first-order valence-electron chi connectivity index (χ1n) is 7.53. The first-order valence-corrected chi connectivity index (χ1v) is 7.53. The number of benzene rings is 1. The number of hydrogen-bond acceptors (Lipinski definition) is 3. The van der Waals surface area contributed by atoms with Crippen molar-refractivity contribution in [1.82, 2.24) is 10.6 Å². The van der Waals surface area contributed by atoms with Crippen molar-refractivity contribution in [2.45, 2.75) is 33.1 Å². The van der Waals surface area contributed by atoms with Crippen molar-refractivity contribution in [1.29, 1.82) is 0 Å². The molecule has 0 unspecified atom stereocenters. The highest BCUT2D eigenvalue weighted by Gasteiger charge is 2.51. The monoisotopic (exact) mass is 304 g/mol. The van der Waals surface area contributed by atoms with Crippen molar-refractivity contribution in [3.63, 3.8) is 0 Å². The van der Waals surface area contributed by atoms with Gasteiger partial charge < -0.3 is 5.11 Å². The molecule has 2 amide bonds. The van der Waals surface area contributed by atoms with E-state index in [0.717, 1.165) is 5.56 Å². The van der Waals surface area contributed by atoms with E-state index in [1.165, 1.54) is 0 Å². The van der Waals surface area contributed by atoms with Crippen molar-refractivity contribution in [2.75, 3.05) is 6.54 Å². The standard InChI is InChI=1S/C16H21N3O3/c1-3-16(4-2)13(21)18-15(19-14(16)22)17-10-9-11-5-7-12(20)8-6-11/h5-8,20H,3-4,9-10H2,1-2H3,(H2,17,18,19,21,22)/p+1. The fourth-order valence-electron chi connectivity index (χ4n) is 2.58. The summed E-state index contributed by atoms with van der Waals surface area (Å²) in [6.07, 6.45) is 1.66. The summed E-state index contributed by atoms with van der Waals surface area (Å²) < 4.78 is 0. The molecule has 0 atom stereocenters. The second kappa shape index (κ2) is 6.60. The van der Waals surface area contributed by atoms with Gasteiger partial charge in [0.15, 0.2) is 5.41 Å². The van der Waals surface area contributed by atoms with Crippen LogP contribution in [0, 0.1) is 5.41 Å². The Kier molecular flexibility index (Phi) is 4.80. The van der Waals surface area contributed by atoms with Gasteiger partial charge in [0.05, 0.1) is 6.54 Å². The quantitative estimate of drug-likeness (QED) is 0.549. The molecular formula is C16H22N3O3+. The molecule has 1 aliphatic heterocycles. The van der Waals surface area contributed by atoms with Gasteiger partial charge in [-0.05, 0) is 30.5 Å². The van der Waals surface area contributed by atoms with Crippen molar-refractivity contribution in [3.05, 3.63) is 29.8 Å². The molecule has 1 aliphatic rings. The molecule has 0 aromatic heterocycles. The molecule has 6 nitrogen and oxygen atoms in total. The van der Waals surface area contributed by atoms with Crippen molar-refractivity contribution in [3.8, 4) is 5.75 Å². The maximum absolute atomic E-state index is 12.2. The largest absolute Gasteiger partial charge is 0.508 e. The van der Waals surface area contributed by atoms with E-state index in [0.29, 0.717) is 31.8 Å². The lowest BCUT2D eigenvalue weighted by atomic mass is 9.79. The van der Waals surface area contributed by atoms with Crippen LogP contribution in [0.25, 0.3) is 0 Å². The third kappa shape index (κ3) is 3.10. The molecule has 1 aromatic carbocycles. The number of carbonyl (C=O) groups is 2. The van der Waals surface area contributed by atoms with Gasteiger partial charge >= 0.3 is 5.96 Å². The van der Waals surface area contributed by atoms with Gasteiger partial charge in [0, 0.05) is 6.42 Å². The summed E-state index contributed by atoms with van der Waals surface area (Å²) >= 11 is 0. The van der Waals surface area contributed by atoms with E-state index in [1.54, 1.807) is 12.1 Å². The average Bonchev–Trinajstić information content (AvgIpc) is 2.50. The van der Waals surface area contributed by atoms with Crippen LogP contribution in [0.15, 0.2) is 24.3 Å². The smallest absolute Gasteiger partial charge is 0.357 e. The highest BCUT2D eigenvalue weighted by atomic mass is 16.3. The molecule has 22 heavy (non-hydrogen) atoms. The van der Waals surface area contributed by atoms with E-state index in [1.807, 2.05) is 26.0 Å². The molecule has 2 rings (SSSR count). The Bertz CT molecular complexity index is 567. The van der Waals surface area contributed by atoms with Gasteiger partial charge in [-0.2, -0.15) is 0 Å². The lowest BCUT2D eigenvalue weighted by Gasteiger charge is -2.28. The predicted molar refractivity (Wildman–Crippen MR) is 81.9 cm³/mol. The van der Waals surface area contributed by atoms with Gasteiger partial charge in [-0.25, -0.2) is 10.6 Å². The van der Waals surface area contributed by atoms with Gasteiger partial charge in [-0.3, -0.25) is 14.6 Å². The summed E-state index contributed by atoms with van der Waals surface area (Å²) in [6.45, 7) is 4.24. The van der Waals surface area contributed by atoms with E-state index in [9.17, 15) is 14.7 Å². The van der Waals surface area contributed by atoms with Crippen LogP contribution in [-0.4, -0.2) is 29.4 Å². The van der Waals surface area contributed by atoms with Gasteiger partial charge in [-0.15, -0.1) is 0 Å². The van der Waals surface area contributed by atoms with E-state index in [4.69, 9.17) is 0 Å². The topological polar surface area (TPSA) is 92.4 Å². The minimum absolute atomic E-state index is 0.230. The van der Waals surface area contributed by atoms with Crippen LogP contribution in [0.1, 0.15) is 32.3 Å². The van der Waals surface area contributed by atoms with Crippen LogP contribution in [-0.2, 0) is 16.0 Å². The van der Waals surface area contributed by atoms with Crippen molar-refractivity contribution in [2.24, 2.45) is 5.41 Å². The molecule has 6 heteroatoms. The zero-order valence-electron chi connectivity index (χ0n) is 12.9. The van der Waals surface area contributed by atoms with Gasteiger partial charge in [0.25, 0.3) is 11.8 Å². The lowest BCUT2D eigenvalue weighted by Crippen LogP contribution is -2.84. The van der Waals surface area contributed by atoms with E-state index in [2.05, 4.69) is 15.6 Å². The lowest BCUT2D eigenvalue weighted by molar-refractivity contribution is -0.460. The average molecular weight is 304 g/mol. The van der Waals surface area contributed by atoms with Crippen LogP contribution >= 0.6 is 0 Å². The number of phenols is 1. The fraction of sp³-hybridized carbons (Fsp3) is 0.438. The molecule has 0 bridgehead atoms.